The highest BCUT2D eigenvalue weighted by molar-refractivity contribution is 7.20. The fourth-order valence-electron chi connectivity index (χ4n) is 1.78. The van der Waals surface area contributed by atoms with Gasteiger partial charge >= 0.3 is 5.97 Å². The lowest BCUT2D eigenvalue weighted by atomic mass is 10.2. The molecule has 1 aromatic heterocycles. The van der Waals surface area contributed by atoms with Gasteiger partial charge in [0.1, 0.15) is 4.88 Å². The third-order valence-corrected chi connectivity index (χ3v) is 4.00. The number of hydrogen-bond acceptors (Lipinski definition) is 4. The smallest absolute Gasteiger partial charge is 0.348 e. The average Bonchev–Trinajstić information content (AvgIpc) is 3.10. The van der Waals surface area contributed by atoms with Gasteiger partial charge in [0.15, 0.2) is 6.61 Å². The molecule has 1 aliphatic rings. The van der Waals surface area contributed by atoms with Crippen LogP contribution in [0.3, 0.4) is 0 Å². The molecular weight excluding hydrogens is 262 g/mol. The Labute approximate surface area is 114 Å². The zero-order valence-corrected chi connectivity index (χ0v) is 11.0. The number of carbonyl (C=O) groups is 2. The zero-order valence-electron chi connectivity index (χ0n) is 10.2. The van der Waals surface area contributed by atoms with Crippen LogP contribution in [0.25, 0.3) is 10.1 Å². The maximum atomic E-state index is 11.8. The number of ether oxygens (including phenoxy) is 1. The first-order chi connectivity index (χ1) is 9.22. The van der Waals surface area contributed by atoms with Crippen molar-refractivity contribution in [1.29, 1.82) is 0 Å². The van der Waals surface area contributed by atoms with E-state index in [0.29, 0.717) is 4.88 Å². The molecule has 1 aliphatic carbocycles. The van der Waals surface area contributed by atoms with Crippen LogP contribution in [-0.4, -0.2) is 24.5 Å². The van der Waals surface area contributed by atoms with Gasteiger partial charge in [0.05, 0.1) is 0 Å². The van der Waals surface area contributed by atoms with Crippen LogP contribution in [0.15, 0.2) is 30.3 Å². The largest absolute Gasteiger partial charge is 0.451 e. The third kappa shape index (κ3) is 2.93. The minimum absolute atomic E-state index is 0.205. The van der Waals surface area contributed by atoms with E-state index in [1.165, 1.54) is 11.3 Å². The summed E-state index contributed by atoms with van der Waals surface area (Å²) in [7, 11) is 0. The standard InChI is InChI=1S/C14H13NO3S/c16-13(15-10-5-6-10)8-18-14(17)12-7-9-3-1-2-4-11(9)19-12/h1-4,7,10H,5-6,8H2,(H,15,16). The second-order valence-electron chi connectivity index (χ2n) is 4.57. The highest BCUT2D eigenvalue weighted by Gasteiger charge is 2.23. The monoisotopic (exact) mass is 275 g/mol. The summed E-state index contributed by atoms with van der Waals surface area (Å²) < 4.78 is 6.05. The summed E-state index contributed by atoms with van der Waals surface area (Å²) in [6.45, 7) is -0.205. The van der Waals surface area contributed by atoms with Gasteiger partial charge in [0.2, 0.25) is 0 Å². The molecule has 1 fully saturated rings. The second kappa shape index (κ2) is 5.01. The predicted octanol–water partition coefficient (Wildman–Crippen LogP) is 2.34. The molecule has 0 atom stereocenters. The Kier molecular flexibility index (Phi) is 3.21. The number of fused-ring (bicyclic) bond motifs is 1. The molecule has 1 aromatic carbocycles. The number of amides is 1. The molecule has 5 heteroatoms. The SMILES string of the molecule is O=C(COC(=O)c1cc2ccccc2s1)NC1CC1. The van der Waals surface area contributed by atoms with E-state index in [2.05, 4.69) is 5.32 Å². The minimum atomic E-state index is -0.438. The first kappa shape index (κ1) is 12.2. The molecule has 0 radical (unpaired) electrons. The molecule has 0 bridgehead atoms. The summed E-state index contributed by atoms with van der Waals surface area (Å²) >= 11 is 1.38. The van der Waals surface area contributed by atoms with E-state index in [-0.39, 0.29) is 18.6 Å². The van der Waals surface area contributed by atoms with Crippen molar-refractivity contribution in [3.63, 3.8) is 0 Å². The molecule has 0 saturated heterocycles. The molecule has 0 unspecified atom stereocenters. The lowest BCUT2D eigenvalue weighted by Crippen LogP contribution is -2.30. The summed E-state index contributed by atoms with van der Waals surface area (Å²) in [6, 6.07) is 9.83. The number of benzene rings is 1. The predicted molar refractivity (Wildman–Crippen MR) is 73.3 cm³/mol. The van der Waals surface area contributed by atoms with Gasteiger partial charge in [-0.2, -0.15) is 0 Å². The van der Waals surface area contributed by atoms with E-state index in [9.17, 15) is 9.59 Å². The van der Waals surface area contributed by atoms with Crippen molar-refractivity contribution in [1.82, 2.24) is 5.32 Å². The molecule has 2 aromatic rings. The van der Waals surface area contributed by atoms with E-state index in [1.807, 2.05) is 24.3 Å². The summed E-state index contributed by atoms with van der Waals surface area (Å²) in [5, 5.41) is 3.79. The summed E-state index contributed by atoms with van der Waals surface area (Å²) in [6.07, 6.45) is 2.05. The lowest BCUT2D eigenvalue weighted by Gasteiger charge is -2.03. The van der Waals surface area contributed by atoms with Crippen LogP contribution < -0.4 is 5.32 Å². The Morgan fingerprint density at radius 2 is 2.11 bits per heavy atom. The van der Waals surface area contributed by atoms with Crippen LogP contribution in [0.5, 0.6) is 0 Å². The number of carbonyl (C=O) groups excluding carboxylic acids is 2. The van der Waals surface area contributed by atoms with Crippen LogP contribution in [0.4, 0.5) is 0 Å². The van der Waals surface area contributed by atoms with Crippen molar-refractivity contribution in [2.45, 2.75) is 18.9 Å². The van der Waals surface area contributed by atoms with E-state index in [0.717, 1.165) is 22.9 Å². The van der Waals surface area contributed by atoms with Gasteiger partial charge in [-0.05, 0) is 30.4 Å². The van der Waals surface area contributed by atoms with Crippen molar-refractivity contribution in [2.24, 2.45) is 0 Å². The van der Waals surface area contributed by atoms with Gasteiger partial charge < -0.3 is 10.1 Å². The Bertz CT molecular complexity index is 597. The molecule has 19 heavy (non-hydrogen) atoms. The van der Waals surface area contributed by atoms with Gasteiger partial charge in [-0.3, -0.25) is 4.79 Å². The first-order valence-electron chi connectivity index (χ1n) is 6.17. The Balaban J connectivity index is 1.61. The van der Waals surface area contributed by atoms with Crippen molar-refractivity contribution < 1.29 is 14.3 Å². The van der Waals surface area contributed by atoms with Crippen LogP contribution >= 0.6 is 11.3 Å². The number of esters is 1. The van der Waals surface area contributed by atoms with Gasteiger partial charge in [0, 0.05) is 10.7 Å². The molecule has 3 rings (SSSR count). The topological polar surface area (TPSA) is 55.4 Å². The highest BCUT2D eigenvalue weighted by atomic mass is 32.1. The average molecular weight is 275 g/mol. The van der Waals surface area contributed by atoms with Crippen LogP contribution in [-0.2, 0) is 9.53 Å². The number of rotatable bonds is 4. The number of thiophene rings is 1. The molecule has 1 saturated carbocycles. The first-order valence-corrected chi connectivity index (χ1v) is 6.99. The van der Waals surface area contributed by atoms with Crippen LogP contribution in [0, 0.1) is 0 Å². The summed E-state index contributed by atoms with van der Waals surface area (Å²) in [4.78, 5) is 23.8. The van der Waals surface area contributed by atoms with E-state index in [1.54, 1.807) is 6.07 Å². The molecule has 0 aliphatic heterocycles. The molecule has 1 N–H and O–H groups in total. The normalized spacial score (nSPS) is 14.3. The van der Waals surface area contributed by atoms with Crippen molar-refractivity contribution in [2.75, 3.05) is 6.61 Å². The van der Waals surface area contributed by atoms with E-state index < -0.39 is 5.97 Å². The number of nitrogens with one attached hydrogen (secondary N) is 1. The van der Waals surface area contributed by atoms with Crippen molar-refractivity contribution in [3.05, 3.63) is 35.2 Å². The molecule has 98 valence electrons. The highest BCUT2D eigenvalue weighted by Crippen LogP contribution is 2.25. The van der Waals surface area contributed by atoms with Gasteiger partial charge in [-0.15, -0.1) is 11.3 Å². The Morgan fingerprint density at radius 1 is 1.32 bits per heavy atom. The van der Waals surface area contributed by atoms with E-state index >= 15 is 0 Å². The fraction of sp³-hybridized carbons (Fsp3) is 0.286. The van der Waals surface area contributed by atoms with Gasteiger partial charge in [-0.1, -0.05) is 18.2 Å². The lowest BCUT2D eigenvalue weighted by molar-refractivity contribution is -0.124. The van der Waals surface area contributed by atoms with Gasteiger partial charge in [-0.25, -0.2) is 4.79 Å². The molecule has 0 spiro atoms. The molecule has 4 nitrogen and oxygen atoms in total. The minimum Gasteiger partial charge on any atom is -0.451 e. The van der Waals surface area contributed by atoms with Crippen LogP contribution in [0.1, 0.15) is 22.5 Å². The Morgan fingerprint density at radius 3 is 2.84 bits per heavy atom. The van der Waals surface area contributed by atoms with Gasteiger partial charge in [0.25, 0.3) is 5.91 Å². The van der Waals surface area contributed by atoms with E-state index in [4.69, 9.17) is 4.74 Å². The molecule has 1 amide bonds. The number of hydrogen-bond donors (Lipinski definition) is 1. The maximum Gasteiger partial charge on any atom is 0.348 e. The summed E-state index contributed by atoms with van der Waals surface area (Å²) in [5.41, 5.74) is 0. The molecular formula is C14H13NO3S. The fourth-order valence-corrected chi connectivity index (χ4v) is 2.74. The summed E-state index contributed by atoms with van der Waals surface area (Å²) in [5.74, 6) is -0.663. The quantitative estimate of drug-likeness (QED) is 0.871. The third-order valence-electron chi connectivity index (χ3n) is 2.90. The zero-order chi connectivity index (χ0) is 13.2. The second-order valence-corrected chi connectivity index (χ2v) is 5.65. The Hall–Kier alpha value is -1.88. The molecule has 1 heterocycles. The van der Waals surface area contributed by atoms with Crippen molar-refractivity contribution in [3.8, 4) is 0 Å². The van der Waals surface area contributed by atoms with Crippen LogP contribution in [0.2, 0.25) is 0 Å². The van der Waals surface area contributed by atoms with Crippen molar-refractivity contribution >= 4 is 33.3 Å². The maximum absolute atomic E-state index is 11.8.